The molecule has 6 nitrogen and oxygen atoms in total. The van der Waals surface area contributed by atoms with Crippen molar-refractivity contribution in [3.05, 3.63) is 57.9 Å². The predicted molar refractivity (Wildman–Crippen MR) is 102 cm³/mol. The van der Waals surface area contributed by atoms with Gasteiger partial charge < -0.3 is 4.74 Å². The summed E-state index contributed by atoms with van der Waals surface area (Å²) in [6.07, 6.45) is 0. The molecule has 2 aromatic heterocycles. The molecule has 0 aliphatic rings. The van der Waals surface area contributed by atoms with Gasteiger partial charge in [-0.3, -0.25) is 20.4 Å². The van der Waals surface area contributed by atoms with E-state index in [-0.39, 0.29) is 6.61 Å². The molecular weight excluding hydrogens is 370 g/mol. The maximum atomic E-state index is 12.3. The maximum Gasteiger partial charge on any atom is 0.281 e. The number of benzene rings is 1. The lowest BCUT2D eigenvalue weighted by molar-refractivity contribution is -0.123. The van der Waals surface area contributed by atoms with Gasteiger partial charge in [-0.1, -0.05) is 18.2 Å². The van der Waals surface area contributed by atoms with E-state index in [0.29, 0.717) is 16.3 Å². The topological polar surface area (TPSA) is 80.3 Å². The standard InChI is InChI=1S/C18H17N3O3S2/c1-11-5-3-6-13(9-11)24-10-15(22)20-21-17(23)16-12(2)19-18(26-16)14-7-4-8-25-14/h3-9H,10H2,1-2H3,(H,20,22)(H,21,23). The fourth-order valence-electron chi connectivity index (χ4n) is 2.19. The second kappa shape index (κ2) is 8.11. The minimum Gasteiger partial charge on any atom is -0.484 e. The van der Waals surface area contributed by atoms with Crippen molar-refractivity contribution in [3.8, 4) is 15.6 Å². The first-order valence-electron chi connectivity index (χ1n) is 7.83. The number of carbonyl (C=O) groups excluding carboxylic acids is 2. The van der Waals surface area contributed by atoms with Gasteiger partial charge in [0.25, 0.3) is 11.8 Å². The zero-order chi connectivity index (χ0) is 18.5. The van der Waals surface area contributed by atoms with Gasteiger partial charge >= 0.3 is 0 Å². The molecule has 0 fully saturated rings. The Kier molecular flexibility index (Phi) is 5.65. The fraction of sp³-hybridized carbons (Fsp3) is 0.167. The Morgan fingerprint density at radius 1 is 1.15 bits per heavy atom. The number of hydrazine groups is 1. The highest BCUT2D eigenvalue weighted by molar-refractivity contribution is 7.22. The van der Waals surface area contributed by atoms with E-state index in [2.05, 4.69) is 15.8 Å². The molecule has 26 heavy (non-hydrogen) atoms. The second-order valence-electron chi connectivity index (χ2n) is 5.52. The van der Waals surface area contributed by atoms with Crippen LogP contribution in [0.25, 0.3) is 9.88 Å². The molecule has 2 heterocycles. The number of hydrogen-bond acceptors (Lipinski definition) is 6. The summed E-state index contributed by atoms with van der Waals surface area (Å²) in [5, 5.41) is 2.75. The van der Waals surface area contributed by atoms with Gasteiger partial charge in [-0.05, 0) is 43.0 Å². The van der Waals surface area contributed by atoms with Crippen LogP contribution < -0.4 is 15.6 Å². The van der Waals surface area contributed by atoms with Crippen molar-refractivity contribution in [1.29, 1.82) is 0 Å². The van der Waals surface area contributed by atoms with Crippen LogP contribution >= 0.6 is 22.7 Å². The Balaban J connectivity index is 1.53. The molecule has 0 unspecified atom stereocenters. The van der Waals surface area contributed by atoms with E-state index in [1.165, 1.54) is 11.3 Å². The molecule has 3 aromatic rings. The molecule has 0 spiro atoms. The molecule has 1 aromatic carbocycles. The first-order chi connectivity index (χ1) is 12.5. The van der Waals surface area contributed by atoms with E-state index >= 15 is 0 Å². The maximum absolute atomic E-state index is 12.3. The van der Waals surface area contributed by atoms with E-state index in [1.54, 1.807) is 24.3 Å². The first kappa shape index (κ1) is 18.1. The summed E-state index contributed by atoms with van der Waals surface area (Å²) in [6, 6.07) is 11.3. The summed E-state index contributed by atoms with van der Waals surface area (Å²) in [6.45, 7) is 3.52. The number of nitrogens with zero attached hydrogens (tertiary/aromatic N) is 1. The lowest BCUT2D eigenvalue weighted by Gasteiger charge is -2.08. The Morgan fingerprint density at radius 2 is 2.00 bits per heavy atom. The zero-order valence-electron chi connectivity index (χ0n) is 14.2. The molecule has 2 amide bonds. The molecule has 0 aliphatic carbocycles. The Morgan fingerprint density at radius 3 is 2.73 bits per heavy atom. The highest BCUT2D eigenvalue weighted by Crippen LogP contribution is 2.30. The van der Waals surface area contributed by atoms with E-state index < -0.39 is 11.8 Å². The van der Waals surface area contributed by atoms with Crippen molar-refractivity contribution in [3.63, 3.8) is 0 Å². The lowest BCUT2D eigenvalue weighted by Crippen LogP contribution is -2.43. The van der Waals surface area contributed by atoms with Crippen LogP contribution in [0.2, 0.25) is 0 Å². The third kappa shape index (κ3) is 4.47. The largest absolute Gasteiger partial charge is 0.484 e. The Hall–Kier alpha value is -2.71. The minimum absolute atomic E-state index is 0.189. The molecule has 0 atom stereocenters. The molecule has 0 aliphatic heterocycles. The molecule has 3 rings (SSSR count). The number of aromatic nitrogens is 1. The number of thiazole rings is 1. The van der Waals surface area contributed by atoms with Gasteiger partial charge in [0.05, 0.1) is 10.6 Å². The van der Waals surface area contributed by atoms with Crippen LogP contribution in [0.4, 0.5) is 0 Å². The molecule has 134 valence electrons. The average molecular weight is 387 g/mol. The number of thiophene rings is 1. The van der Waals surface area contributed by atoms with Crippen LogP contribution in [0.5, 0.6) is 5.75 Å². The first-order valence-corrected chi connectivity index (χ1v) is 9.52. The number of nitrogens with one attached hydrogen (secondary N) is 2. The number of rotatable bonds is 5. The van der Waals surface area contributed by atoms with Gasteiger partial charge in [-0.25, -0.2) is 4.98 Å². The van der Waals surface area contributed by atoms with E-state index in [9.17, 15) is 9.59 Å². The lowest BCUT2D eigenvalue weighted by atomic mass is 10.2. The molecule has 0 saturated heterocycles. The van der Waals surface area contributed by atoms with Gasteiger partial charge in [0.2, 0.25) is 0 Å². The minimum atomic E-state index is -0.444. The molecule has 0 bridgehead atoms. The predicted octanol–water partition coefficient (Wildman–Crippen LogP) is 3.33. The van der Waals surface area contributed by atoms with Crippen LogP contribution in [0.1, 0.15) is 20.9 Å². The van der Waals surface area contributed by atoms with Gasteiger partial charge in [0.1, 0.15) is 15.6 Å². The van der Waals surface area contributed by atoms with Crippen LogP contribution in [0.15, 0.2) is 41.8 Å². The highest BCUT2D eigenvalue weighted by atomic mass is 32.1. The third-order valence-corrected chi connectivity index (χ3v) is 5.60. The van der Waals surface area contributed by atoms with E-state index in [0.717, 1.165) is 15.4 Å². The summed E-state index contributed by atoms with van der Waals surface area (Å²) in [5.74, 6) is -0.238. The van der Waals surface area contributed by atoms with Crippen molar-refractivity contribution >= 4 is 34.5 Å². The van der Waals surface area contributed by atoms with Gasteiger partial charge in [-0.15, -0.1) is 22.7 Å². The molecule has 2 N–H and O–H groups in total. The number of amides is 2. The SMILES string of the molecule is Cc1cccc(OCC(=O)NNC(=O)c2sc(-c3cccs3)nc2C)c1. The monoisotopic (exact) mass is 387 g/mol. The molecule has 8 heteroatoms. The highest BCUT2D eigenvalue weighted by Gasteiger charge is 2.17. The van der Waals surface area contributed by atoms with Crippen LogP contribution in [0, 0.1) is 13.8 Å². The summed E-state index contributed by atoms with van der Waals surface area (Å²) in [4.78, 5) is 30.0. The van der Waals surface area contributed by atoms with Crippen LogP contribution in [-0.2, 0) is 4.79 Å². The number of ether oxygens (including phenoxy) is 1. The van der Waals surface area contributed by atoms with Crippen LogP contribution in [-0.4, -0.2) is 23.4 Å². The van der Waals surface area contributed by atoms with E-state index in [1.807, 2.05) is 42.6 Å². The van der Waals surface area contributed by atoms with Crippen molar-refractivity contribution in [2.24, 2.45) is 0 Å². The van der Waals surface area contributed by atoms with E-state index in [4.69, 9.17) is 4.74 Å². The van der Waals surface area contributed by atoms with Crippen molar-refractivity contribution in [2.75, 3.05) is 6.61 Å². The summed E-state index contributed by atoms with van der Waals surface area (Å²) in [5.41, 5.74) is 6.42. The smallest absolute Gasteiger partial charge is 0.281 e. The van der Waals surface area contributed by atoms with Crippen molar-refractivity contribution in [1.82, 2.24) is 15.8 Å². The quantitative estimate of drug-likeness (QED) is 0.658. The number of carbonyl (C=O) groups is 2. The van der Waals surface area contributed by atoms with Crippen molar-refractivity contribution < 1.29 is 14.3 Å². The van der Waals surface area contributed by atoms with Gasteiger partial charge in [0.15, 0.2) is 6.61 Å². The number of aryl methyl sites for hydroxylation is 2. The zero-order valence-corrected chi connectivity index (χ0v) is 15.9. The molecule has 0 radical (unpaired) electrons. The summed E-state index contributed by atoms with van der Waals surface area (Å²) in [7, 11) is 0. The third-order valence-electron chi connectivity index (χ3n) is 3.41. The second-order valence-corrected chi connectivity index (χ2v) is 7.47. The average Bonchev–Trinajstić information content (AvgIpc) is 3.27. The fourth-order valence-corrected chi connectivity index (χ4v) is 3.94. The Labute approximate surface area is 158 Å². The van der Waals surface area contributed by atoms with Gasteiger partial charge in [-0.2, -0.15) is 0 Å². The Bertz CT molecular complexity index is 920. The molecule has 0 saturated carbocycles. The summed E-state index contributed by atoms with van der Waals surface area (Å²) >= 11 is 2.86. The summed E-state index contributed by atoms with van der Waals surface area (Å²) < 4.78 is 5.39. The van der Waals surface area contributed by atoms with Crippen LogP contribution in [0.3, 0.4) is 0 Å². The van der Waals surface area contributed by atoms with Crippen molar-refractivity contribution in [2.45, 2.75) is 13.8 Å². The normalized spacial score (nSPS) is 10.4. The van der Waals surface area contributed by atoms with Gasteiger partial charge in [0, 0.05) is 0 Å². The molecular formula is C18H17N3O3S2. The number of hydrogen-bond donors (Lipinski definition) is 2.